The Hall–Kier alpha value is -0.630. The summed E-state index contributed by atoms with van der Waals surface area (Å²) < 4.78 is 5.47. The van der Waals surface area contributed by atoms with Gasteiger partial charge >= 0.3 is 0 Å². The van der Waals surface area contributed by atoms with Gasteiger partial charge in [0.15, 0.2) is 0 Å². The van der Waals surface area contributed by atoms with Gasteiger partial charge in [-0.15, -0.1) is 0 Å². The van der Waals surface area contributed by atoms with E-state index < -0.39 is 0 Å². The number of methoxy groups -OCH3 is 1. The van der Waals surface area contributed by atoms with E-state index in [0.29, 0.717) is 0 Å². The molecule has 0 aromatic heterocycles. The molecule has 0 amide bonds. The second-order valence-corrected chi connectivity index (χ2v) is 5.65. The van der Waals surface area contributed by atoms with Crippen LogP contribution in [0.1, 0.15) is 37.5 Å². The van der Waals surface area contributed by atoms with Crippen LogP contribution in [0.2, 0.25) is 0 Å². The van der Waals surface area contributed by atoms with Gasteiger partial charge in [0.05, 0.1) is 7.11 Å². The fraction of sp³-hybridized carbons (Fsp3) is 0.571. The first-order valence-corrected chi connectivity index (χ1v) is 6.32. The molecule has 0 saturated carbocycles. The first kappa shape index (κ1) is 13.4. The van der Waals surface area contributed by atoms with E-state index in [4.69, 9.17) is 4.74 Å². The molecule has 0 N–H and O–H groups in total. The summed E-state index contributed by atoms with van der Waals surface area (Å²) in [7, 11) is 1.74. The van der Waals surface area contributed by atoms with Crippen molar-refractivity contribution in [3.63, 3.8) is 0 Å². The van der Waals surface area contributed by atoms with E-state index in [1.54, 1.807) is 7.11 Å². The lowest BCUT2D eigenvalue weighted by molar-refractivity contribution is 0.397. The van der Waals surface area contributed by atoms with E-state index >= 15 is 0 Å². The summed E-state index contributed by atoms with van der Waals surface area (Å²) in [4.78, 5) is 0. The molecule has 0 unspecified atom stereocenters. The predicted molar refractivity (Wildman–Crippen MR) is 74.0 cm³/mol. The normalized spacial score (nSPS) is 11.6. The van der Waals surface area contributed by atoms with Crippen molar-refractivity contribution in [3.05, 3.63) is 28.8 Å². The fourth-order valence-electron chi connectivity index (χ4n) is 1.87. The summed E-state index contributed by atoms with van der Waals surface area (Å²) in [5.41, 5.74) is 4.06. The lowest BCUT2D eigenvalue weighted by Crippen LogP contribution is -2.14. The molecule has 0 bridgehead atoms. The van der Waals surface area contributed by atoms with Crippen LogP contribution >= 0.6 is 12.6 Å². The Morgan fingerprint density at radius 1 is 1.25 bits per heavy atom. The summed E-state index contributed by atoms with van der Waals surface area (Å²) >= 11 is 4.30. The third-order valence-electron chi connectivity index (χ3n) is 2.85. The Kier molecular flexibility index (Phi) is 4.31. The van der Waals surface area contributed by atoms with Gasteiger partial charge in [-0.2, -0.15) is 12.6 Å². The Morgan fingerprint density at radius 2 is 1.88 bits per heavy atom. The highest BCUT2D eigenvalue weighted by molar-refractivity contribution is 7.80. The first-order valence-electron chi connectivity index (χ1n) is 5.69. The van der Waals surface area contributed by atoms with Crippen molar-refractivity contribution >= 4 is 12.6 Å². The molecule has 1 aromatic rings. The van der Waals surface area contributed by atoms with Gasteiger partial charge in [0, 0.05) is 0 Å². The zero-order chi connectivity index (χ0) is 12.3. The minimum absolute atomic E-state index is 0.115. The predicted octanol–water partition coefficient (Wildman–Crippen LogP) is 3.77. The van der Waals surface area contributed by atoms with Crippen molar-refractivity contribution in [2.75, 3.05) is 12.9 Å². The molecule has 0 heterocycles. The quantitative estimate of drug-likeness (QED) is 0.789. The number of rotatable bonds is 3. The van der Waals surface area contributed by atoms with Crippen LogP contribution in [0, 0.1) is 6.92 Å². The van der Waals surface area contributed by atoms with Crippen LogP contribution in [0.3, 0.4) is 0 Å². The van der Waals surface area contributed by atoms with Crippen molar-refractivity contribution in [3.8, 4) is 5.75 Å². The molecule has 2 heteroatoms. The molecule has 1 rings (SSSR count). The van der Waals surface area contributed by atoms with Crippen LogP contribution in [0.4, 0.5) is 0 Å². The van der Waals surface area contributed by atoms with Crippen molar-refractivity contribution < 1.29 is 4.74 Å². The van der Waals surface area contributed by atoms with Gasteiger partial charge in [0.2, 0.25) is 0 Å². The third-order valence-corrected chi connectivity index (χ3v) is 3.07. The van der Waals surface area contributed by atoms with Gasteiger partial charge in [-0.3, -0.25) is 0 Å². The summed E-state index contributed by atoms with van der Waals surface area (Å²) in [6.07, 6.45) is 1.02. The van der Waals surface area contributed by atoms with Gasteiger partial charge < -0.3 is 4.74 Å². The molecule has 0 radical (unpaired) electrons. The van der Waals surface area contributed by atoms with Crippen LogP contribution in [-0.4, -0.2) is 12.9 Å². The summed E-state index contributed by atoms with van der Waals surface area (Å²) in [5, 5.41) is 0. The Morgan fingerprint density at radius 3 is 2.31 bits per heavy atom. The van der Waals surface area contributed by atoms with E-state index in [-0.39, 0.29) is 5.41 Å². The number of benzene rings is 1. The highest BCUT2D eigenvalue weighted by atomic mass is 32.1. The summed E-state index contributed by atoms with van der Waals surface area (Å²) in [5.74, 6) is 1.88. The number of ether oxygens (including phenoxy) is 1. The lowest BCUT2D eigenvalue weighted by atomic mass is 9.84. The molecule has 0 spiro atoms. The molecule has 0 saturated heterocycles. The maximum atomic E-state index is 5.47. The summed E-state index contributed by atoms with van der Waals surface area (Å²) in [6.45, 7) is 8.77. The number of hydrogen-bond acceptors (Lipinski definition) is 2. The van der Waals surface area contributed by atoms with Gasteiger partial charge in [-0.25, -0.2) is 0 Å². The van der Waals surface area contributed by atoms with Crippen molar-refractivity contribution in [2.45, 2.75) is 39.5 Å². The average Bonchev–Trinajstić information content (AvgIpc) is 2.19. The highest BCUT2D eigenvalue weighted by Gasteiger charge is 2.20. The SMILES string of the molecule is COc1cc(C)c(CCS)cc1C(C)(C)C. The zero-order valence-electron chi connectivity index (χ0n) is 10.9. The van der Waals surface area contributed by atoms with Crippen LogP contribution in [0.25, 0.3) is 0 Å². The van der Waals surface area contributed by atoms with Crippen molar-refractivity contribution in [2.24, 2.45) is 0 Å². The number of thiol groups is 1. The number of hydrogen-bond donors (Lipinski definition) is 1. The molecule has 0 fully saturated rings. The zero-order valence-corrected chi connectivity index (χ0v) is 11.8. The fourth-order valence-corrected chi connectivity index (χ4v) is 2.11. The van der Waals surface area contributed by atoms with Gasteiger partial charge in [-0.1, -0.05) is 26.8 Å². The third kappa shape index (κ3) is 2.94. The largest absolute Gasteiger partial charge is 0.496 e. The molecule has 1 aromatic carbocycles. The Labute approximate surface area is 105 Å². The van der Waals surface area contributed by atoms with Crippen LogP contribution in [-0.2, 0) is 11.8 Å². The van der Waals surface area contributed by atoms with Gasteiger partial charge in [0.25, 0.3) is 0 Å². The van der Waals surface area contributed by atoms with E-state index in [0.717, 1.165) is 17.9 Å². The molecular weight excluding hydrogens is 216 g/mol. The van der Waals surface area contributed by atoms with E-state index in [1.165, 1.54) is 16.7 Å². The summed E-state index contributed by atoms with van der Waals surface area (Å²) in [6, 6.07) is 4.41. The van der Waals surface area contributed by atoms with Crippen LogP contribution in [0.5, 0.6) is 5.75 Å². The Balaban J connectivity index is 3.29. The molecule has 0 aliphatic rings. The minimum Gasteiger partial charge on any atom is -0.496 e. The lowest BCUT2D eigenvalue weighted by Gasteiger charge is -2.24. The van der Waals surface area contributed by atoms with Gasteiger partial charge in [-0.05, 0) is 47.3 Å². The molecule has 90 valence electrons. The Bertz CT molecular complexity index is 364. The van der Waals surface area contributed by atoms with E-state index in [2.05, 4.69) is 52.5 Å². The highest BCUT2D eigenvalue weighted by Crippen LogP contribution is 2.33. The second kappa shape index (κ2) is 5.13. The maximum Gasteiger partial charge on any atom is 0.122 e. The second-order valence-electron chi connectivity index (χ2n) is 5.20. The van der Waals surface area contributed by atoms with E-state index in [9.17, 15) is 0 Å². The van der Waals surface area contributed by atoms with Crippen LogP contribution in [0.15, 0.2) is 12.1 Å². The average molecular weight is 238 g/mol. The smallest absolute Gasteiger partial charge is 0.122 e. The van der Waals surface area contributed by atoms with Crippen LogP contribution < -0.4 is 4.74 Å². The standard InChI is InChI=1S/C14H22OS/c1-10-8-13(15-5)12(14(2,3)4)9-11(10)6-7-16/h8-9,16H,6-7H2,1-5H3. The molecule has 1 nitrogen and oxygen atoms in total. The molecular formula is C14H22OS. The minimum atomic E-state index is 0.115. The monoisotopic (exact) mass is 238 g/mol. The van der Waals surface area contributed by atoms with E-state index in [1.807, 2.05) is 0 Å². The topological polar surface area (TPSA) is 9.23 Å². The number of aryl methyl sites for hydroxylation is 2. The molecule has 0 aliphatic carbocycles. The van der Waals surface area contributed by atoms with Gasteiger partial charge in [0.1, 0.15) is 5.75 Å². The maximum absolute atomic E-state index is 5.47. The first-order chi connectivity index (χ1) is 7.40. The van der Waals surface area contributed by atoms with Crippen molar-refractivity contribution in [1.82, 2.24) is 0 Å². The molecule has 0 aliphatic heterocycles. The molecule has 0 atom stereocenters. The molecule has 16 heavy (non-hydrogen) atoms. The van der Waals surface area contributed by atoms with Crippen molar-refractivity contribution in [1.29, 1.82) is 0 Å².